The Hall–Kier alpha value is -1.62. The normalized spacial score (nSPS) is 28.6. The van der Waals surface area contributed by atoms with E-state index in [9.17, 15) is 4.79 Å². The van der Waals surface area contributed by atoms with Crippen molar-refractivity contribution in [3.63, 3.8) is 0 Å². The summed E-state index contributed by atoms with van der Waals surface area (Å²) in [6.07, 6.45) is 4.01. The largest absolute Gasteiger partial charge is 0.377 e. The molecule has 0 bridgehead atoms. The first-order valence-corrected chi connectivity index (χ1v) is 8.06. The second-order valence-electron chi connectivity index (χ2n) is 7.00. The van der Waals surface area contributed by atoms with Crippen LogP contribution in [0.15, 0.2) is 18.3 Å². The molecule has 1 aromatic rings. The lowest BCUT2D eigenvalue weighted by atomic mass is 9.57. The number of hydrogen-bond donors (Lipinski definition) is 2. The molecule has 2 heterocycles. The van der Waals surface area contributed by atoms with Gasteiger partial charge in [0, 0.05) is 42.4 Å². The SMILES string of the molecule is Cc1ccc(CCNC(=O)N[C@@H]2[C@H]3CCO[C@@H]3C2(C)C)cn1. The van der Waals surface area contributed by atoms with Crippen molar-refractivity contribution in [2.45, 2.75) is 45.8 Å². The fourth-order valence-electron chi connectivity index (χ4n) is 3.78. The number of rotatable bonds is 4. The highest BCUT2D eigenvalue weighted by molar-refractivity contribution is 5.74. The third kappa shape index (κ3) is 2.82. The number of pyridine rings is 1. The average molecular weight is 303 g/mol. The predicted octanol–water partition coefficient (Wildman–Crippen LogP) is 2.05. The Morgan fingerprint density at radius 2 is 2.27 bits per heavy atom. The monoisotopic (exact) mass is 303 g/mol. The maximum absolute atomic E-state index is 12.1. The van der Waals surface area contributed by atoms with Crippen molar-refractivity contribution < 1.29 is 9.53 Å². The summed E-state index contributed by atoms with van der Waals surface area (Å²) < 4.78 is 5.75. The van der Waals surface area contributed by atoms with Crippen molar-refractivity contribution in [1.82, 2.24) is 15.6 Å². The fraction of sp³-hybridized carbons (Fsp3) is 0.647. The van der Waals surface area contributed by atoms with Crippen LogP contribution in [0.5, 0.6) is 0 Å². The van der Waals surface area contributed by atoms with Crippen LogP contribution in [0.4, 0.5) is 4.79 Å². The molecule has 0 aromatic carbocycles. The van der Waals surface area contributed by atoms with E-state index in [1.807, 2.05) is 19.2 Å². The number of nitrogens with one attached hydrogen (secondary N) is 2. The molecule has 1 aliphatic carbocycles. The third-order valence-electron chi connectivity index (χ3n) is 5.06. The van der Waals surface area contributed by atoms with Crippen LogP contribution in [0.3, 0.4) is 0 Å². The van der Waals surface area contributed by atoms with Gasteiger partial charge in [0.2, 0.25) is 0 Å². The molecule has 22 heavy (non-hydrogen) atoms. The van der Waals surface area contributed by atoms with Crippen LogP contribution in [0, 0.1) is 18.3 Å². The first kappa shape index (κ1) is 15.3. The van der Waals surface area contributed by atoms with Crippen LogP contribution >= 0.6 is 0 Å². The van der Waals surface area contributed by atoms with Gasteiger partial charge in [-0.15, -0.1) is 0 Å². The molecule has 0 unspecified atom stereocenters. The first-order chi connectivity index (χ1) is 10.5. The number of ether oxygens (including phenoxy) is 1. The van der Waals surface area contributed by atoms with E-state index in [1.54, 1.807) is 0 Å². The number of aryl methyl sites for hydroxylation is 1. The van der Waals surface area contributed by atoms with Crippen LogP contribution in [0.1, 0.15) is 31.5 Å². The molecule has 0 radical (unpaired) electrons. The lowest BCUT2D eigenvalue weighted by molar-refractivity contribution is -0.108. The summed E-state index contributed by atoms with van der Waals surface area (Å²) in [5.74, 6) is 0.474. The molecular formula is C17H25N3O2. The van der Waals surface area contributed by atoms with E-state index in [-0.39, 0.29) is 17.5 Å². The van der Waals surface area contributed by atoms with Gasteiger partial charge >= 0.3 is 6.03 Å². The zero-order valence-electron chi connectivity index (χ0n) is 13.6. The second kappa shape index (κ2) is 5.88. The molecule has 5 nitrogen and oxygen atoms in total. The Morgan fingerprint density at radius 3 is 3.00 bits per heavy atom. The Labute approximate surface area is 131 Å². The minimum Gasteiger partial charge on any atom is -0.377 e. The highest BCUT2D eigenvalue weighted by Gasteiger charge is 2.59. The minimum atomic E-state index is -0.0801. The summed E-state index contributed by atoms with van der Waals surface area (Å²) in [5.41, 5.74) is 2.17. The summed E-state index contributed by atoms with van der Waals surface area (Å²) in [6.45, 7) is 7.74. The highest BCUT2D eigenvalue weighted by atomic mass is 16.5. The van der Waals surface area contributed by atoms with E-state index in [0.29, 0.717) is 18.6 Å². The Morgan fingerprint density at radius 1 is 1.45 bits per heavy atom. The summed E-state index contributed by atoms with van der Waals surface area (Å²) in [7, 11) is 0. The van der Waals surface area contributed by atoms with Crippen LogP contribution in [-0.2, 0) is 11.2 Å². The van der Waals surface area contributed by atoms with Gasteiger partial charge in [-0.2, -0.15) is 0 Å². The Bertz CT molecular complexity index is 541. The van der Waals surface area contributed by atoms with Crippen molar-refractivity contribution in [3.8, 4) is 0 Å². The van der Waals surface area contributed by atoms with Gasteiger partial charge in [0.05, 0.1) is 6.10 Å². The van der Waals surface area contributed by atoms with Crippen molar-refractivity contribution >= 4 is 6.03 Å². The number of carbonyl (C=O) groups excluding carboxylic acids is 1. The van der Waals surface area contributed by atoms with Crippen molar-refractivity contribution in [1.29, 1.82) is 0 Å². The standard InChI is InChI=1S/C17H25N3O2/c1-11-4-5-12(10-19-11)6-8-18-16(21)20-14-13-7-9-22-15(13)17(14,2)3/h4-5,10,13-15H,6-9H2,1-3H3,(H2,18,20,21)/t13-,14-,15+/m1/s1. The summed E-state index contributed by atoms with van der Waals surface area (Å²) in [5, 5.41) is 6.07. The van der Waals surface area contributed by atoms with Gasteiger partial charge < -0.3 is 15.4 Å². The smallest absolute Gasteiger partial charge is 0.315 e. The summed E-state index contributed by atoms with van der Waals surface area (Å²) in [4.78, 5) is 16.3. The average Bonchev–Trinajstić information content (AvgIpc) is 2.94. The second-order valence-corrected chi connectivity index (χ2v) is 7.00. The van der Waals surface area contributed by atoms with Crippen LogP contribution in [0.2, 0.25) is 0 Å². The Balaban J connectivity index is 1.44. The lowest BCUT2D eigenvalue weighted by Crippen LogP contribution is -2.67. The van der Waals surface area contributed by atoms with E-state index in [0.717, 1.165) is 30.7 Å². The molecule has 0 spiro atoms. The number of carbonyl (C=O) groups is 1. The van der Waals surface area contributed by atoms with Crippen LogP contribution in [-0.4, -0.2) is 36.3 Å². The summed E-state index contributed by atoms with van der Waals surface area (Å²) in [6, 6.07) is 4.17. The van der Waals surface area contributed by atoms with E-state index in [4.69, 9.17) is 4.74 Å². The molecule has 2 aliphatic rings. The molecule has 1 aromatic heterocycles. The van der Waals surface area contributed by atoms with Gasteiger partial charge in [-0.25, -0.2) is 4.79 Å². The number of hydrogen-bond acceptors (Lipinski definition) is 3. The quantitative estimate of drug-likeness (QED) is 0.895. The fourth-order valence-corrected chi connectivity index (χ4v) is 3.78. The zero-order valence-corrected chi connectivity index (χ0v) is 13.6. The molecule has 2 fully saturated rings. The number of aromatic nitrogens is 1. The number of nitrogens with zero attached hydrogens (tertiary/aromatic N) is 1. The molecule has 2 amide bonds. The number of fused-ring (bicyclic) bond motifs is 1. The maximum atomic E-state index is 12.1. The van der Waals surface area contributed by atoms with E-state index < -0.39 is 0 Å². The third-order valence-corrected chi connectivity index (χ3v) is 5.06. The molecule has 3 rings (SSSR count). The number of amides is 2. The lowest BCUT2D eigenvalue weighted by Gasteiger charge is -2.54. The van der Waals surface area contributed by atoms with Gasteiger partial charge in [0.1, 0.15) is 0 Å². The van der Waals surface area contributed by atoms with Crippen molar-refractivity contribution in [3.05, 3.63) is 29.6 Å². The molecule has 5 heteroatoms. The molecular weight excluding hydrogens is 278 g/mol. The minimum absolute atomic E-state index is 0.0272. The van der Waals surface area contributed by atoms with E-state index in [1.165, 1.54) is 0 Å². The highest BCUT2D eigenvalue weighted by Crippen LogP contribution is 2.51. The molecule has 120 valence electrons. The van der Waals surface area contributed by atoms with Crippen molar-refractivity contribution in [2.75, 3.05) is 13.2 Å². The van der Waals surface area contributed by atoms with Gasteiger partial charge in [-0.05, 0) is 31.4 Å². The van der Waals surface area contributed by atoms with Gasteiger partial charge in [0.15, 0.2) is 0 Å². The number of urea groups is 1. The molecule has 2 N–H and O–H groups in total. The Kier molecular flexibility index (Phi) is 4.08. The molecule has 1 saturated carbocycles. The molecule has 3 atom stereocenters. The van der Waals surface area contributed by atoms with Crippen LogP contribution in [0.25, 0.3) is 0 Å². The van der Waals surface area contributed by atoms with E-state index >= 15 is 0 Å². The predicted molar refractivity (Wildman–Crippen MR) is 84.6 cm³/mol. The van der Waals surface area contributed by atoms with E-state index in [2.05, 4.69) is 35.5 Å². The summed E-state index contributed by atoms with van der Waals surface area (Å²) >= 11 is 0. The topological polar surface area (TPSA) is 63.2 Å². The maximum Gasteiger partial charge on any atom is 0.315 e. The van der Waals surface area contributed by atoms with Gasteiger partial charge in [-0.3, -0.25) is 4.98 Å². The van der Waals surface area contributed by atoms with Crippen LogP contribution < -0.4 is 10.6 Å². The molecule has 1 saturated heterocycles. The first-order valence-electron chi connectivity index (χ1n) is 8.06. The molecule has 1 aliphatic heterocycles. The van der Waals surface area contributed by atoms with Gasteiger partial charge in [-0.1, -0.05) is 19.9 Å². The zero-order chi connectivity index (χ0) is 15.7. The van der Waals surface area contributed by atoms with Crippen molar-refractivity contribution in [2.24, 2.45) is 11.3 Å². The van der Waals surface area contributed by atoms with Gasteiger partial charge in [0.25, 0.3) is 0 Å².